The SMILES string of the molecule is O=[N+]([O-])c1cc(S(=O)(=O)Nc2cccc(S(=O)(=O)[O-])c2)ccc1Cl.[K+]. The topological polar surface area (TPSA) is 147 Å². The minimum atomic E-state index is -4.76. The van der Waals surface area contributed by atoms with E-state index in [1.165, 1.54) is 12.1 Å². The summed E-state index contributed by atoms with van der Waals surface area (Å²) in [5, 5.41) is 10.6. The maximum atomic E-state index is 12.2. The molecule has 0 saturated heterocycles. The fourth-order valence-corrected chi connectivity index (χ4v) is 3.50. The maximum Gasteiger partial charge on any atom is 1.00 e. The Morgan fingerprint density at radius 2 is 1.64 bits per heavy atom. The Labute approximate surface area is 190 Å². The van der Waals surface area contributed by atoms with Gasteiger partial charge in [-0.3, -0.25) is 14.8 Å². The molecule has 13 heteroatoms. The van der Waals surface area contributed by atoms with E-state index in [0.29, 0.717) is 0 Å². The zero-order valence-corrected chi connectivity index (χ0v) is 18.1. The number of hydrogen-bond donors (Lipinski definition) is 1. The summed E-state index contributed by atoms with van der Waals surface area (Å²) in [7, 11) is -9.02. The van der Waals surface area contributed by atoms with Crippen molar-refractivity contribution in [3.8, 4) is 0 Å². The molecule has 25 heavy (non-hydrogen) atoms. The summed E-state index contributed by atoms with van der Waals surface area (Å²) in [6.07, 6.45) is 0. The van der Waals surface area contributed by atoms with Crippen LogP contribution in [0.25, 0.3) is 0 Å². The summed E-state index contributed by atoms with van der Waals surface area (Å²) in [6, 6.07) is 7.10. The van der Waals surface area contributed by atoms with Gasteiger partial charge in [0.25, 0.3) is 15.7 Å². The smallest absolute Gasteiger partial charge is 0.744 e. The molecule has 0 aromatic heterocycles. The standard InChI is InChI=1S/C12H9ClN2O7S2.K/c13-11-5-4-9(7-12(11)15(16)17)23(18,19)14-8-2-1-3-10(6-8)24(20,21)22;/h1-7,14H,(H,20,21,22);/q;+1/p-1. The first-order valence-electron chi connectivity index (χ1n) is 6.03. The Morgan fingerprint density at radius 1 is 1.00 bits per heavy atom. The van der Waals surface area contributed by atoms with Gasteiger partial charge in [-0.2, -0.15) is 0 Å². The number of hydrogen-bond acceptors (Lipinski definition) is 7. The van der Waals surface area contributed by atoms with Gasteiger partial charge in [0.2, 0.25) is 0 Å². The Bertz CT molecular complexity index is 1030. The van der Waals surface area contributed by atoms with E-state index in [4.69, 9.17) is 11.6 Å². The molecule has 0 atom stereocenters. The molecule has 0 fully saturated rings. The van der Waals surface area contributed by atoms with Gasteiger partial charge in [0.05, 0.1) is 20.4 Å². The van der Waals surface area contributed by atoms with E-state index in [0.717, 1.165) is 30.3 Å². The second kappa shape index (κ2) is 8.41. The average molecular weight is 431 g/mol. The van der Waals surface area contributed by atoms with Crippen molar-refractivity contribution in [2.75, 3.05) is 4.72 Å². The van der Waals surface area contributed by atoms with Crippen molar-refractivity contribution in [3.63, 3.8) is 0 Å². The minimum absolute atomic E-state index is 0. The van der Waals surface area contributed by atoms with E-state index in [2.05, 4.69) is 0 Å². The monoisotopic (exact) mass is 430 g/mol. The molecule has 0 aliphatic carbocycles. The third kappa shape index (κ3) is 5.70. The Kier molecular flexibility index (Phi) is 7.56. The first kappa shape index (κ1) is 22.5. The molecule has 0 spiro atoms. The first-order valence-corrected chi connectivity index (χ1v) is 9.30. The zero-order chi connectivity index (χ0) is 18.1. The number of benzene rings is 2. The van der Waals surface area contributed by atoms with E-state index < -0.39 is 40.5 Å². The molecule has 0 amide bonds. The normalized spacial score (nSPS) is 11.4. The molecule has 1 N–H and O–H groups in total. The average Bonchev–Trinajstić information content (AvgIpc) is 2.46. The third-order valence-corrected chi connectivity index (χ3v) is 5.33. The number of halogens is 1. The molecule has 0 radical (unpaired) electrons. The van der Waals surface area contributed by atoms with Gasteiger partial charge in [-0.25, -0.2) is 16.8 Å². The molecule has 2 aromatic carbocycles. The first-order chi connectivity index (χ1) is 11.0. The van der Waals surface area contributed by atoms with E-state index in [1.807, 2.05) is 4.72 Å². The van der Waals surface area contributed by atoms with E-state index in [9.17, 15) is 31.5 Å². The van der Waals surface area contributed by atoms with Gasteiger partial charge in [0.1, 0.15) is 15.1 Å². The molecular weight excluding hydrogens is 423 g/mol. The minimum Gasteiger partial charge on any atom is -0.744 e. The van der Waals surface area contributed by atoms with Gasteiger partial charge in [0, 0.05) is 6.07 Å². The van der Waals surface area contributed by atoms with Gasteiger partial charge in [-0.1, -0.05) is 17.7 Å². The van der Waals surface area contributed by atoms with Crippen molar-refractivity contribution in [3.05, 3.63) is 57.6 Å². The van der Waals surface area contributed by atoms with Crippen LogP contribution in [0.3, 0.4) is 0 Å². The molecule has 0 aliphatic rings. The number of anilines is 1. The van der Waals surface area contributed by atoms with Crippen LogP contribution in [0.2, 0.25) is 5.02 Å². The van der Waals surface area contributed by atoms with Crippen LogP contribution in [0.1, 0.15) is 0 Å². The molecule has 0 saturated carbocycles. The largest absolute Gasteiger partial charge is 1.00 e. The summed E-state index contributed by atoms with van der Waals surface area (Å²) in [5.74, 6) is 0. The van der Waals surface area contributed by atoms with Crippen LogP contribution < -0.4 is 56.1 Å². The van der Waals surface area contributed by atoms with Crippen LogP contribution in [-0.2, 0) is 20.1 Å². The van der Waals surface area contributed by atoms with Crippen molar-refractivity contribution in [1.82, 2.24) is 0 Å². The van der Waals surface area contributed by atoms with Crippen LogP contribution in [0, 0.1) is 10.1 Å². The van der Waals surface area contributed by atoms with Gasteiger partial charge in [-0.05, 0) is 30.3 Å². The van der Waals surface area contributed by atoms with Crippen LogP contribution in [0.5, 0.6) is 0 Å². The summed E-state index contributed by atoms with van der Waals surface area (Å²) in [6.45, 7) is 0. The van der Waals surface area contributed by atoms with Crippen molar-refractivity contribution in [1.29, 1.82) is 0 Å². The second-order valence-corrected chi connectivity index (χ2v) is 7.93. The van der Waals surface area contributed by atoms with Crippen LogP contribution in [0.15, 0.2) is 52.3 Å². The Morgan fingerprint density at radius 3 is 2.20 bits per heavy atom. The second-order valence-electron chi connectivity index (χ2n) is 4.46. The molecule has 0 bridgehead atoms. The van der Waals surface area contributed by atoms with Crippen LogP contribution >= 0.6 is 11.6 Å². The summed E-state index contributed by atoms with van der Waals surface area (Å²) in [5.41, 5.74) is -0.792. The van der Waals surface area contributed by atoms with Gasteiger partial charge < -0.3 is 4.55 Å². The molecule has 0 aliphatic heterocycles. The van der Waals surface area contributed by atoms with E-state index in [-0.39, 0.29) is 62.1 Å². The molecular formula is C12H8ClKN2O7S2. The quantitative estimate of drug-likeness (QED) is 0.275. The molecule has 2 aromatic rings. The molecule has 2 rings (SSSR count). The summed E-state index contributed by atoms with van der Waals surface area (Å²) < 4.78 is 59.4. The van der Waals surface area contributed by atoms with E-state index >= 15 is 0 Å². The van der Waals surface area contributed by atoms with E-state index in [1.54, 1.807) is 0 Å². The number of nitro benzene ring substituents is 1. The number of nitro groups is 1. The molecule has 0 unspecified atom stereocenters. The van der Waals surface area contributed by atoms with Crippen LogP contribution in [-0.4, -0.2) is 26.3 Å². The molecule has 9 nitrogen and oxygen atoms in total. The number of nitrogens with one attached hydrogen (secondary N) is 1. The summed E-state index contributed by atoms with van der Waals surface area (Å²) >= 11 is 5.61. The number of sulfonamides is 1. The maximum absolute atomic E-state index is 12.2. The Balaban J connectivity index is 0.00000312. The van der Waals surface area contributed by atoms with Gasteiger partial charge >= 0.3 is 51.4 Å². The fourth-order valence-electron chi connectivity index (χ4n) is 1.73. The molecule has 128 valence electrons. The number of nitrogens with zero attached hydrogens (tertiary/aromatic N) is 1. The van der Waals surface area contributed by atoms with Crippen molar-refractivity contribution in [2.45, 2.75) is 9.79 Å². The molecule has 0 heterocycles. The van der Waals surface area contributed by atoms with Gasteiger partial charge in [-0.15, -0.1) is 0 Å². The third-order valence-electron chi connectivity index (χ3n) is 2.80. The van der Waals surface area contributed by atoms with Gasteiger partial charge in [0.15, 0.2) is 0 Å². The predicted octanol–water partition coefficient (Wildman–Crippen LogP) is -1.04. The number of rotatable bonds is 5. The van der Waals surface area contributed by atoms with Crippen molar-refractivity contribution in [2.24, 2.45) is 0 Å². The Hall–Kier alpha value is -0.574. The predicted molar refractivity (Wildman–Crippen MR) is 83.3 cm³/mol. The van der Waals surface area contributed by atoms with Crippen molar-refractivity contribution < 1.29 is 77.7 Å². The van der Waals surface area contributed by atoms with Crippen molar-refractivity contribution >= 4 is 43.1 Å². The van der Waals surface area contributed by atoms with Crippen LogP contribution in [0.4, 0.5) is 11.4 Å². The summed E-state index contributed by atoms with van der Waals surface area (Å²) in [4.78, 5) is 8.91. The zero-order valence-electron chi connectivity index (χ0n) is 12.5. The fraction of sp³-hybridized carbons (Fsp3) is 0.